The van der Waals surface area contributed by atoms with E-state index in [1.807, 2.05) is 31.2 Å². The number of urea groups is 1. The van der Waals surface area contributed by atoms with Gasteiger partial charge in [-0.15, -0.1) is 11.3 Å². The summed E-state index contributed by atoms with van der Waals surface area (Å²) in [7, 11) is 1.31. The molecule has 1 heterocycles. The first-order valence-corrected chi connectivity index (χ1v) is 10.1. The topological polar surface area (TPSA) is 80.8 Å². The van der Waals surface area contributed by atoms with Crippen LogP contribution in [0, 0.1) is 0 Å². The van der Waals surface area contributed by atoms with Gasteiger partial charge in [-0.05, 0) is 31.5 Å². The molecule has 1 aromatic heterocycles. The van der Waals surface area contributed by atoms with Crippen molar-refractivity contribution in [1.82, 2.24) is 9.88 Å². The number of hydrogen-bond donors (Lipinski definition) is 1. The Hall–Kier alpha value is -1.97. The Labute approximate surface area is 170 Å². The predicted octanol–water partition coefficient (Wildman–Crippen LogP) is 4.15. The van der Waals surface area contributed by atoms with Gasteiger partial charge in [0.25, 0.3) is 0 Å². The van der Waals surface area contributed by atoms with Gasteiger partial charge >= 0.3 is 12.0 Å². The monoisotopic (exact) mass is 455 g/mol. The summed E-state index contributed by atoms with van der Waals surface area (Å²) in [5, 5.41) is 5.18. The van der Waals surface area contributed by atoms with E-state index in [0.29, 0.717) is 43.4 Å². The Bertz CT molecular complexity index is 769. The molecule has 0 radical (unpaired) electrons. The van der Waals surface area contributed by atoms with Gasteiger partial charge in [0, 0.05) is 35.3 Å². The smallest absolute Gasteiger partial charge is 0.357 e. The number of methoxy groups -OCH3 is 1. The van der Waals surface area contributed by atoms with E-state index < -0.39 is 5.97 Å². The van der Waals surface area contributed by atoms with Gasteiger partial charge in [0.05, 0.1) is 13.7 Å². The number of aromatic nitrogens is 1. The highest BCUT2D eigenvalue weighted by atomic mass is 79.9. The lowest BCUT2D eigenvalue weighted by atomic mass is 10.3. The number of anilines is 1. The fraction of sp³-hybridized carbons (Fsp3) is 0.389. The van der Waals surface area contributed by atoms with E-state index in [0.717, 1.165) is 4.47 Å². The van der Waals surface area contributed by atoms with Crippen molar-refractivity contribution in [3.63, 3.8) is 0 Å². The number of carbonyl (C=O) groups excluding carboxylic acids is 2. The standard InChI is InChI=1S/C18H22BrN3O4S/c1-3-26-9-5-8-22(11-16-21-15(12-27-16)17(23)25-2)18(24)20-14-7-4-6-13(19)10-14/h4,6-7,10,12H,3,5,8-9,11H2,1-2H3,(H,20,24). The van der Waals surface area contributed by atoms with Gasteiger partial charge in [-0.25, -0.2) is 14.6 Å². The number of benzene rings is 1. The van der Waals surface area contributed by atoms with Crippen molar-refractivity contribution in [3.05, 3.63) is 44.8 Å². The lowest BCUT2D eigenvalue weighted by Gasteiger charge is -2.22. The molecule has 0 aliphatic heterocycles. The van der Waals surface area contributed by atoms with Crippen LogP contribution in [0.5, 0.6) is 0 Å². The van der Waals surface area contributed by atoms with Crippen molar-refractivity contribution in [2.45, 2.75) is 19.9 Å². The van der Waals surface area contributed by atoms with Gasteiger partial charge in [0.1, 0.15) is 5.01 Å². The van der Waals surface area contributed by atoms with Crippen LogP contribution in [0.2, 0.25) is 0 Å². The Morgan fingerprint density at radius 1 is 1.37 bits per heavy atom. The molecule has 0 unspecified atom stereocenters. The number of hydrogen-bond acceptors (Lipinski definition) is 6. The molecule has 1 N–H and O–H groups in total. The lowest BCUT2D eigenvalue weighted by molar-refractivity contribution is 0.0594. The maximum Gasteiger partial charge on any atom is 0.357 e. The first kappa shape index (κ1) is 21.3. The molecule has 0 aliphatic carbocycles. The van der Waals surface area contributed by atoms with Crippen LogP contribution in [-0.2, 0) is 16.0 Å². The second-order valence-corrected chi connectivity index (χ2v) is 7.39. The third kappa shape index (κ3) is 6.93. The average Bonchev–Trinajstić information content (AvgIpc) is 3.12. The molecule has 9 heteroatoms. The number of halogens is 1. The van der Waals surface area contributed by atoms with Crippen molar-refractivity contribution in [1.29, 1.82) is 0 Å². The summed E-state index contributed by atoms with van der Waals surface area (Å²) in [4.78, 5) is 30.2. The molecule has 146 valence electrons. The highest BCUT2D eigenvalue weighted by Gasteiger charge is 2.18. The largest absolute Gasteiger partial charge is 0.464 e. The minimum Gasteiger partial charge on any atom is -0.464 e. The fourth-order valence-electron chi connectivity index (χ4n) is 2.27. The van der Waals surface area contributed by atoms with Gasteiger partial charge < -0.3 is 19.7 Å². The van der Waals surface area contributed by atoms with Gasteiger partial charge in [-0.3, -0.25) is 0 Å². The van der Waals surface area contributed by atoms with Crippen LogP contribution in [0.3, 0.4) is 0 Å². The van der Waals surface area contributed by atoms with Crippen LogP contribution in [-0.4, -0.2) is 48.8 Å². The van der Waals surface area contributed by atoms with Crippen LogP contribution >= 0.6 is 27.3 Å². The van der Waals surface area contributed by atoms with Gasteiger partial charge in [0.2, 0.25) is 0 Å². The summed E-state index contributed by atoms with van der Waals surface area (Å²) < 4.78 is 10.9. The molecule has 27 heavy (non-hydrogen) atoms. The minimum absolute atomic E-state index is 0.237. The van der Waals surface area contributed by atoms with Crippen molar-refractivity contribution in [3.8, 4) is 0 Å². The second-order valence-electron chi connectivity index (χ2n) is 5.53. The van der Waals surface area contributed by atoms with Gasteiger partial charge in [-0.2, -0.15) is 0 Å². The van der Waals surface area contributed by atoms with Crippen molar-refractivity contribution < 1.29 is 19.1 Å². The third-order valence-corrected chi connectivity index (χ3v) is 4.88. The Balaban J connectivity index is 2.06. The molecular formula is C18H22BrN3O4S. The first-order chi connectivity index (χ1) is 13.0. The van der Waals surface area contributed by atoms with Crippen LogP contribution in [0.15, 0.2) is 34.1 Å². The summed E-state index contributed by atoms with van der Waals surface area (Å²) in [6.07, 6.45) is 0.703. The highest BCUT2D eigenvalue weighted by molar-refractivity contribution is 9.10. The quantitative estimate of drug-likeness (QED) is 0.453. The summed E-state index contributed by atoms with van der Waals surface area (Å²) in [5.74, 6) is -0.487. The molecule has 0 atom stereocenters. The number of amides is 2. The molecule has 2 aromatic rings. The van der Waals surface area contributed by atoms with Crippen molar-refractivity contribution in [2.24, 2.45) is 0 Å². The molecule has 1 aromatic carbocycles. The molecular weight excluding hydrogens is 434 g/mol. The van der Waals surface area contributed by atoms with Crippen LogP contribution in [0.25, 0.3) is 0 Å². The van der Waals surface area contributed by atoms with E-state index in [1.165, 1.54) is 18.4 Å². The molecule has 0 aliphatic rings. The number of carbonyl (C=O) groups is 2. The van der Waals surface area contributed by atoms with Crippen molar-refractivity contribution in [2.75, 3.05) is 32.2 Å². The van der Waals surface area contributed by atoms with E-state index in [-0.39, 0.29) is 11.7 Å². The van der Waals surface area contributed by atoms with Crippen LogP contribution in [0.1, 0.15) is 28.8 Å². The summed E-state index contributed by atoms with van der Waals surface area (Å²) in [6, 6.07) is 7.15. The zero-order valence-corrected chi connectivity index (χ0v) is 17.6. The maximum atomic E-state index is 12.7. The fourth-order valence-corrected chi connectivity index (χ4v) is 3.45. The van der Waals surface area contributed by atoms with Crippen molar-refractivity contribution >= 4 is 45.0 Å². The number of nitrogens with zero attached hydrogens (tertiary/aromatic N) is 2. The third-order valence-electron chi connectivity index (χ3n) is 3.56. The maximum absolute atomic E-state index is 12.7. The summed E-state index contributed by atoms with van der Waals surface area (Å²) in [5.41, 5.74) is 0.942. The first-order valence-electron chi connectivity index (χ1n) is 8.45. The second kappa shape index (κ2) is 11.0. The predicted molar refractivity (Wildman–Crippen MR) is 108 cm³/mol. The molecule has 0 saturated heterocycles. The molecule has 0 saturated carbocycles. The van der Waals surface area contributed by atoms with Crippen LogP contribution in [0.4, 0.5) is 10.5 Å². The SMILES string of the molecule is CCOCCCN(Cc1nc(C(=O)OC)cs1)C(=O)Nc1cccc(Br)c1. The average molecular weight is 456 g/mol. The van der Waals surface area contributed by atoms with Gasteiger partial charge in [-0.1, -0.05) is 22.0 Å². The zero-order chi connectivity index (χ0) is 19.6. The number of esters is 1. The molecule has 0 bridgehead atoms. The zero-order valence-electron chi connectivity index (χ0n) is 15.2. The Kier molecular flexibility index (Phi) is 8.70. The van der Waals surface area contributed by atoms with E-state index >= 15 is 0 Å². The molecule has 7 nitrogen and oxygen atoms in total. The number of thiazole rings is 1. The Morgan fingerprint density at radius 2 is 2.19 bits per heavy atom. The van der Waals surface area contributed by atoms with E-state index in [4.69, 9.17) is 4.74 Å². The van der Waals surface area contributed by atoms with E-state index in [9.17, 15) is 9.59 Å². The lowest BCUT2D eigenvalue weighted by Crippen LogP contribution is -2.35. The molecule has 0 fully saturated rings. The number of rotatable bonds is 9. The van der Waals surface area contributed by atoms with Crippen LogP contribution < -0.4 is 5.32 Å². The summed E-state index contributed by atoms with van der Waals surface area (Å²) in [6.45, 7) is 3.95. The normalized spacial score (nSPS) is 10.5. The minimum atomic E-state index is -0.487. The summed E-state index contributed by atoms with van der Waals surface area (Å²) >= 11 is 4.71. The molecule has 0 spiro atoms. The Morgan fingerprint density at radius 3 is 2.89 bits per heavy atom. The molecule has 2 amide bonds. The number of nitrogens with one attached hydrogen (secondary N) is 1. The van der Waals surface area contributed by atoms with Gasteiger partial charge in [0.15, 0.2) is 5.69 Å². The number of ether oxygens (including phenoxy) is 2. The highest BCUT2D eigenvalue weighted by Crippen LogP contribution is 2.18. The van der Waals surface area contributed by atoms with E-state index in [2.05, 4.69) is 31.0 Å². The van der Waals surface area contributed by atoms with E-state index in [1.54, 1.807) is 10.3 Å². The molecule has 2 rings (SSSR count).